The van der Waals surface area contributed by atoms with Crippen LogP contribution < -0.4 is 10.1 Å². The van der Waals surface area contributed by atoms with Crippen molar-refractivity contribution in [1.29, 1.82) is 0 Å². The highest BCUT2D eigenvalue weighted by atomic mass is 16.5. The maximum absolute atomic E-state index is 12.6. The molecule has 0 spiro atoms. The average molecular weight is 320 g/mol. The summed E-state index contributed by atoms with van der Waals surface area (Å²) in [6, 6.07) is 11.3. The minimum atomic E-state index is -0.528. The van der Waals surface area contributed by atoms with E-state index in [-0.39, 0.29) is 5.91 Å². The number of hydrogen-bond donors (Lipinski definition) is 1. The molecule has 120 valence electrons. The standard InChI is InChI=1S/C18H16N4O2/c1-12-19-9-10-22(12)17-14(6-4-8-20-17)21-18(23)16-11-13-5-2-3-7-15(13)24-16/h2-10,16H,11H2,1H3,(H,21,23). The summed E-state index contributed by atoms with van der Waals surface area (Å²) in [7, 11) is 0. The smallest absolute Gasteiger partial charge is 0.265 e. The molecule has 0 saturated heterocycles. The second-order valence-electron chi connectivity index (χ2n) is 5.63. The van der Waals surface area contributed by atoms with Gasteiger partial charge in [-0.25, -0.2) is 9.97 Å². The summed E-state index contributed by atoms with van der Waals surface area (Å²) in [6.07, 6.45) is 5.25. The second-order valence-corrected chi connectivity index (χ2v) is 5.63. The summed E-state index contributed by atoms with van der Waals surface area (Å²) in [6.45, 7) is 1.89. The van der Waals surface area contributed by atoms with Gasteiger partial charge < -0.3 is 10.1 Å². The Morgan fingerprint density at radius 3 is 2.88 bits per heavy atom. The number of hydrogen-bond acceptors (Lipinski definition) is 4. The number of benzene rings is 1. The van der Waals surface area contributed by atoms with Crippen LogP contribution in [0, 0.1) is 6.92 Å². The van der Waals surface area contributed by atoms with E-state index in [0.717, 1.165) is 17.1 Å². The number of fused-ring (bicyclic) bond motifs is 1. The zero-order valence-corrected chi connectivity index (χ0v) is 13.1. The van der Waals surface area contributed by atoms with E-state index in [0.29, 0.717) is 17.9 Å². The highest BCUT2D eigenvalue weighted by Crippen LogP contribution is 2.29. The molecule has 1 aliphatic heterocycles. The number of imidazole rings is 1. The van der Waals surface area contributed by atoms with Crippen molar-refractivity contribution in [1.82, 2.24) is 14.5 Å². The first-order chi connectivity index (χ1) is 11.7. The first-order valence-corrected chi connectivity index (χ1v) is 7.73. The average Bonchev–Trinajstić information content (AvgIpc) is 3.21. The SMILES string of the molecule is Cc1nccn1-c1ncccc1NC(=O)C1Cc2ccccc2O1. The number of amides is 1. The molecule has 2 aromatic heterocycles. The van der Waals surface area contributed by atoms with Gasteiger partial charge >= 0.3 is 0 Å². The molecule has 1 unspecified atom stereocenters. The molecule has 1 amide bonds. The first-order valence-electron chi connectivity index (χ1n) is 7.73. The van der Waals surface area contributed by atoms with Crippen LogP contribution in [0.25, 0.3) is 5.82 Å². The molecule has 0 bridgehead atoms. The normalized spacial score (nSPS) is 15.6. The minimum Gasteiger partial charge on any atom is -0.480 e. The number of anilines is 1. The van der Waals surface area contributed by atoms with E-state index < -0.39 is 6.10 Å². The van der Waals surface area contributed by atoms with Crippen LogP contribution in [0.1, 0.15) is 11.4 Å². The zero-order chi connectivity index (χ0) is 16.5. The highest BCUT2D eigenvalue weighted by Gasteiger charge is 2.29. The molecule has 1 aromatic carbocycles. The van der Waals surface area contributed by atoms with Gasteiger partial charge in [0, 0.05) is 25.0 Å². The van der Waals surface area contributed by atoms with E-state index in [1.807, 2.05) is 48.0 Å². The van der Waals surface area contributed by atoms with Gasteiger partial charge in [0.25, 0.3) is 5.91 Å². The van der Waals surface area contributed by atoms with Gasteiger partial charge in [-0.3, -0.25) is 9.36 Å². The van der Waals surface area contributed by atoms with Crippen molar-refractivity contribution in [3.63, 3.8) is 0 Å². The number of pyridine rings is 1. The van der Waals surface area contributed by atoms with Crippen LogP contribution in [-0.2, 0) is 11.2 Å². The third-order valence-electron chi connectivity index (χ3n) is 4.04. The molecule has 1 atom stereocenters. The molecule has 24 heavy (non-hydrogen) atoms. The molecule has 0 aliphatic carbocycles. The lowest BCUT2D eigenvalue weighted by molar-refractivity contribution is -0.122. The Kier molecular flexibility index (Phi) is 3.49. The molecule has 6 heteroatoms. The van der Waals surface area contributed by atoms with Crippen LogP contribution in [0.3, 0.4) is 0 Å². The van der Waals surface area contributed by atoms with Gasteiger partial charge in [0.15, 0.2) is 11.9 Å². The number of ether oxygens (including phenoxy) is 1. The molecule has 4 rings (SSSR count). The number of para-hydroxylation sites is 1. The van der Waals surface area contributed by atoms with Crippen molar-refractivity contribution in [3.8, 4) is 11.6 Å². The molecule has 0 saturated carbocycles. The number of aromatic nitrogens is 3. The fourth-order valence-electron chi connectivity index (χ4n) is 2.83. The Bertz CT molecular complexity index is 878. The van der Waals surface area contributed by atoms with Gasteiger partial charge in [0.1, 0.15) is 11.6 Å². The largest absolute Gasteiger partial charge is 0.480 e. The van der Waals surface area contributed by atoms with Gasteiger partial charge in [0.2, 0.25) is 0 Å². The Morgan fingerprint density at radius 1 is 1.21 bits per heavy atom. The minimum absolute atomic E-state index is 0.182. The first kappa shape index (κ1) is 14.4. The molecule has 1 N–H and O–H groups in total. The lowest BCUT2D eigenvalue weighted by atomic mass is 10.1. The third kappa shape index (κ3) is 2.52. The van der Waals surface area contributed by atoms with Gasteiger partial charge in [-0.2, -0.15) is 0 Å². The maximum Gasteiger partial charge on any atom is 0.265 e. The van der Waals surface area contributed by atoms with Crippen LogP contribution >= 0.6 is 0 Å². The lowest BCUT2D eigenvalue weighted by Crippen LogP contribution is -2.31. The van der Waals surface area contributed by atoms with Crippen molar-refractivity contribution in [2.45, 2.75) is 19.4 Å². The zero-order valence-electron chi connectivity index (χ0n) is 13.1. The number of carbonyl (C=O) groups excluding carboxylic acids is 1. The number of aryl methyl sites for hydroxylation is 1. The number of carbonyl (C=O) groups is 1. The second kappa shape index (κ2) is 5.81. The van der Waals surface area contributed by atoms with Gasteiger partial charge in [-0.15, -0.1) is 0 Å². The van der Waals surface area contributed by atoms with Crippen LogP contribution in [0.2, 0.25) is 0 Å². The fraction of sp³-hybridized carbons (Fsp3) is 0.167. The summed E-state index contributed by atoms with van der Waals surface area (Å²) in [4.78, 5) is 21.2. The fourth-order valence-corrected chi connectivity index (χ4v) is 2.83. The van der Waals surface area contributed by atoms with E-state index in [4.69, 9.17) is 4.74 Å². The summed E-state index contributed by atoms with van der Waals surface area (Å²) in [5, 5.41) is 2.93. The Hall–Kier alpha value is -3.15. The van der Waals surface area contributed by atoms with Gasteiger partial charge in [-0.1, -0.05) is 18.2 Å². The van der Waals surface area contributed by atoms with Crippen molar-refractivity contribution in [2.75, 3.05) is 5.32 Å². The van der Waals surface area contributed by atoms with Gasteiger partial charge in [0.05, 0.1) is 5.69 Å². The van der Waals surface area contributed by atoms with Crippen LogP contribution in [0.15, 0.2) is 55.0 Å². The van der Waals surface area contributed by atoms with E-state index in [1.165, 1.54) is 0 Å². The van der Waals surface area contributed by atoms with Crippen molar-refractivity contribution < 1.29 is 9.53 Å². The van der Waals surface area contributed by atoms with Crippen LogP contribution in [-0.4, -0.2) is 26.5 Å². The number of rotatable bonds is 3. The summed E-state index contributed by atoms with van der Waals surface area (Å²) < 4.78 is 7.58. The molecular weight excluding hydrogens is 304 g/mol. The predicted molar refractivity (Wildman–Crippen MR) is 89.3 cm³/mol. The van der Waals surface area contributed by atoms with E-state index in [1.54, 1.807) is 18.5 Å². The molecule has 1 aliphatic rings. The van der Waals surface area contributed by atoms with E-state index >= 15 is 0 Å². The topological polar surface area (TPSA) is 69.0 Å². The molecule has 0 fully saturated rings. The summed E-state index contributed by atoms with van der Waals surface area (Å²) >= 11 is 0. The Labute approximate surface area is 139 Å². The molecule has 6 nitrogen and oxygen atoms in total. The van der Waals surface area contributed by atoms with Crippen molar-refractivity contribution in [3.05, 3.63) is 66.4 Å². The molecule has 3 heterocycles. The predicted octanol–water partition coefficient (Wildman–Crippen LogP) is 2.52. The quantitative estimate of drug-likeness (QED) is 0.805. The number of nitrogens with one attached hydrogen (secondary N) is 1. The summed E-state index contributed by atoms with van der Waals surface area (Å²) in [5.41, 5.74) is 1.68. The summed E-state index contributed by atoms with van der Waals surface area (Å²) in [5.74, 6) is 2.03. The van der Waals surface area contributed by atoms with Gasteiger partial charge in [-0.05, 0) is 30.7 Å². The monoisotopic (exact) mass is 320 g/mol. The number of nitrogens with zero attached hydrogens (tertiary/aromatic N) is 3. The lowest BCUT2D eigenvalue weighted by Gasteiger charge is -2.14. The highest BCUT2D eigenvalue weighted by molar-refractivity contribution is 5.96. The van der Waals surface area contributed by atoms with Crippen LogP contribution in [0.4, 0.5) is 5.69 Å². The maximum atomic E-state index is 12.6. The van der Waals surface area contributed by atoms with Crippen molar-refractivity contribution in [2.24, 2.45) is 0 Å². The van der Waals surface area contributed by atoms with Crippen molar-refractivity contribution >= 4 is 11.6 Å². The third-order valence-corrected chi connectivity index (χ3v) is 4.04. The molecule has 0 radical (unpaired) electrons. The molecular formula is C18H16N4O2. The Morgan fingerprint density at radius 2 is 2.08 bits per heavy atom. The van der Waals surface area contributed by atoms with E-state index in [2.05, 4.69) is 15.3 Å². The van der Waals surface area contributed by atoms with E-state index in [9.17, 15) is 4.79 Å². The van der Waals surface area contributed by atoms with Crippen LogP contribution in [0.5, 0.6) is 5.75 Å². The Balaban J connectivity index is 1.57. The molecule has 3 aromatic rings.